The topological polar surface area (TPSA) is 17.1 Å². The molecule has 0 saturated heterocycles. The van der Waals surface area contributed by atoms with E-state index >= 15 is 0 Å². The Kier molecular flexibility index (Phi) is 2.27. The Labute approximate surface area is 65.5 Å². The Morgan fingerprint density at radius 2 is 2.40 bits per heavy atom. The van der Waals surface area contributed by atoms with Crippen LogP contribution in [-0.4, -0.2) is 13.6 Å². The van der Waals surface area contributed by atoms with Gasteiger partial charge >= 0.3 is 0 Å². The first kappa shape index (κ1) is 7.54. The summed E-state index contributed by atoms with van der Waals surface area (Å²) < 4.78 is 0. The van der Waals surface area contributed by atoms with Crippen LogP contribution in [0.4, 0.5) is 0 Å². The smallest absolute Gasteiger partial charge is 0.164 e. The van der Waals surface area contributed by atoms with Crippen molar-refractivity contribution < 1.29 is 4.79 Å². The van der Waals surface area contributed by atoms with Crippen molar-refractivity contribution in [3.63, 3.8) is 0 Å². The van der Waals surface area contributed by atoms with Gasteiger partial charge in [0.1, 0.15) is 0 Å². The van der Waals surface area contributed by atoms with Crippen LogP contribution < -0.4 is 0 Å². The maximum absolute atomic E-state index is 10.9. The zero-order valence-electron chi connectivity index (χ0n) is 5.76. The largest absolute Gasteiger partial charge is 0.294 e. The molecule has 0 amide bonds. The molecular formula is C7H7BOS. The zero-order valence-corrected chi connectivity index (χ0v) is 6.57. The molecular weight excluding hydrogens is 143 g/mol. The average Bonchev–Trinajstić information content (AvgIpc) is 2.34. The minimum absolute atomic E-state index is 0.0260. The first-order valence-corrected chi connectivity index (χ1v) is 3.85. The molecule has 0 atom stereocenters. The van der Waals surface area contributed by atoms with Crippen LogP contribution in [0, 0.1) is 6.92 Å². The Hall–Kier alpha value is -0.565. The van der Waals surface area contributed by atoms with Gasteiger partial charge in [0.2, 0.25) is 0 Å². The Morgan fingerprint density at radius 1 is 1.70 bits per heavy atom. The zero-order chi connectivity index (χ0) is 7.56. The van der Waals surface area contributed by atoms with Crippen LogP contribution in [0.1, 0.15) is 14.5 Å². The summed E-state index contributed by atoms with van der Waals surface area (Å²) in [5.41, 5.74) is 0. The Bertz CT molecular complexity index is 242. The predicted octanol–water partition coefficient (Wildman–Crippen LogP) is 1.83. The van der Waals surface area contributed by atoms with Crippen molar-refractivity contribution in [3.05, 3.63) is 21.9 Å². The number of aryl methyl sites for hydroxylation is 1. The van der Waals surface area contributed by atoms with Crippen LogP contribution in [0.3, 0.4) is 0 Å². The van der Waals surface area contributed by atoms with Crippen LogP contribution in [0.2, 0.25) is 6.32 Å². The highest BCUT2D eigenvalue weighted by atomic mass is 32.1. The van der Waals surface area contributed by atoms with Crippen LogP contribution in [-0.2, 0) is 0 Å². The summed E-state index contributed by atoms with van der Waals surface area (Å²) in [6.07, 6.45) is 0.111. The molecule has 1 rings (SSSR count). The minimum Gasteiger partial charge on any atom is -0.294 e. The van der Waals surface area contributed by atoms with Crippen LogP contribution in [0.15, 0.2) is 12.1 Å². The van der Waals surface area contributed by atoms with Crippen LogP contribution in [0.5, 0.6) is 0 Å². The molecule has 0 unspecified atom stereocenters. The second-order valence-electron chi connectivity index (χ2n) is 2.04. The second-order valence-corrected chi connectivity index (χ2v) is 3.33. The highest BCUT2D eigenvalue weighted by Crippen LogP contribution is 2.16. The first-order valence-electron chi connectivity index (χ1n) is 3.03. The number of hydrogen-bond donors (Lipinski definition) is 0. The normalized spacial score (nSPS) is 9.70. The van der Waals surface area contributed by atoms with Gasteiger partial charge in [-0.25, -0.2) is 0 Å². The monoisotopic (exact) mass is 150 g/mol. The van der Waals surface area contributed by atoms with Crippen molar-refractivity contribution in [1.29, 1.82) is 0 Å². The fourth-order valence-corrected chi connectivity index (χ4v) is 1.50. The van der Waals surface area contributed by atoms with Gasteiger partial charge in [-0.1, -0.05) is 0 Å². The Morgan fingerprint density at radius 3 is 2.80 bits per heavy atom. The van der Waals surface area contributed by atoms with E-state index in [-0.39, 0.29) is 12.1 Å². The molecule has 2 radical (unpaired) electrons. The lowest BCUT2D eigenvalue weighted by molar-refractivity contribution is 0.102. The Balaban J connectivity index is 2.85. The van der Waals surface area contributed by atoms with Gasteiger partial charge in [0.25, 0.3) is 0 Å². The number of Topliss-reactive ketones (excluding diaryl/α,β-unsaturated/α-hetero) is 1. The third-order valence-corrected chi connectivity index (χ3v) is 2.24. The molecule has 0 saturated carbocycles. The molecule has 50 valence electrons. The van der Waals surface area contributed by atoms with Gasteiger partial charge in [0.05, 0.1) is 12.7 Å². The SMILES string of the molecule is [B]CC(=O)c1ccc(C)s1. The van der Waals surface area contributed by atoms with Gasteiger partial charge in [0.15, 0.2) is 5.78 Å². The summed E-state index contributed by atoms with van der Waals surface area (Å²) >= 11 is 1.49. The maximum atomic E-state index is 10.9. The van der Waals surface area contributed by atoms with Gasteiger partial charge < -0.3 is 0 Å². The molecule has 0 bridgehead atoms. The molecule has 1 aromatic rings. The number of thiophene rings is 1. The lowest BCUT2D eigenvalue weighted by atomic mass is 10.0. The van der Waals surface area contributed by atoms with Crippen molar-refractivity contribution in [2.75, 3.05) is 0 Å². The molecule has 0 aliphatic heterocycles. The molecule has 0 spiro atoms. The van der Waals surface area contributed by atoms with E-state index in [1.165, 1.54) is 11.3 Å². The van der Waals surface area contributed by atoms with Crippen molar-refractivity contribution in [2.45, 2.75) is 13.2 Å². The average molecular weight is 150 g/mol. The van der Waals surface area contributed by atoms with Crippen molar-refractivity contribution in [3.8, 4) is 0 Å². The number of carbonyl (C=O) groups excluding carboxylic acids is 1. The third-order valence-electron chi connectivity index (χ3n) is 1.20. The molecule has 0 aliphatic rings. The lowest BCUT2D eigenvalue weighted by Crippen LogP contribution is -1.92. The molecule has 3 heteroatoms. The van der Waals surface area contributed by atoms with E-state index < -0.39 is 0 Å². The number of carbonyl (C=O) groups is 1. The number of ketones is 1. The summed E-state index contributed by atoms with van der Waals surface area (Å²) in [5.74, 6) is 0.0260. The first-order chi connectivity index (χ1) is 4.74. The van der Waals surface area contributed by atoms with Crippen molar-refractivity contribution >= 4 is 25.0 Å². The van der Waals surface area contributed by atoms with Crippen molar-refractivity contribution in [2.24, 2.45) is 0 Å². The van der Waals surface area contributed by atoms with E-state index in [9.17, 15) is 4.79 Å². The lowest BCUT2D eigenvalue weighted by Gasteiger charge is -1.87. The van der Waals surface area contributed by atoms with Gasteiger partial charge in [-0.15, -0.1) is 11.3 Å². The summed E-state index contributed by atoms with van der Waals surface area (Å²) in [6, 6.07) is 3.74. The van der Waals surface area contributed by atoms with Gasteiger partial charge in [0, 0.05) is 4.88 Å². The molecule has 1 heterocycles. The molecule has 0 aliphatic carbocycles. The fraction of sp³-hybridized carbons (Fsp3) is 0.286. The second kappa shape index (κ2) is 3.02. The van der Waals surface area contributed by atoms with Crippen LogP contribution >= 0.6 is 11.3 Å². The van der Waals surface area contributed by atoms with E-state index in [0.29, 0.717) is 0 Å². The van der Waals surface area contributed by atoms with E-state index in [0.717, 1.165) is 9.75 Å². The molecule has 1 nitrogen and oxygen atoms in total. The van der Waals surface area contributed by atoms with E-state index in [4.69, 9.17) is 7.85 Å². The summed E-state index contributed by atoms with van der Waals surface area (Å²) in [4.78, 5) is 12.8. The summed E-state index contributed by atoms with van der Waals surface area (Å²) in [7, 11) is 5.17. The van der Waals surface area contributed by atoms with Gasteiger partial charge in [-0.3, -0.25) is 4.79 Å². The quantitative estimate of drug-likeness (QED) is 0.464. The van der Waals surface area contributed by atoms with E-state index in [1.807, 2.05) is 19.1 Å². The molecule has 1 aromatic heterocycles. The van der Waals surface area contributed by atoms with Crippen LogP contribution in [0.25, 0.3) is 0 Å². The maximum Gasteiger partial charge on any atom is 0.164 e. The highest BCUT2D eigenvalue weighted by molar-refractivity contribution is 7.14. The van der Waals surface area contributed by atoms with E-state index in [2.05, 4.69) is 0 Å². The molecule has 0 aromatic carbocycles. The van der Waals surface area contributed by atoms with E-state index in [1.54, 1.807) is 0 Å². The number of hydrogen-bond acceptors (Lipinski definition) is 2. The predicted molar refractivity (Wildman–Crippen MR) is 43.9 cm³/mol. The van der Waals surface area contributed by atoms with Gasteiger partial charge in [-0.2, -0.15) is 0 Å². The van der Waals surface area contributed by atoms with Gasteiger partial charge in [-0.05, 0) is 25.4 Å². The summed E-state index contributed by atoms with van der Waals surface area (Å²) in [6.45, 7) is 1.97. The van der Waals surface area contributed by atoms with Crippen molar-refractivity contribution in [1.82, 2.24) is 0 Å². The molecule has 0 N–H and O–H groups in total. The third kappa shape index (κ3) is 1.48. The molecule has 10 heavy (non-hydrogen) atoms. The molecule has 0 fully saturated rings. The highest BCUT2D eigenvalue weighted by Gasteiger charge is 2.03. The minimum atomic E-state index is 0.0260. The summed E-state index contributed by atoms with van der Waals surface area (Å²) in [5, 5.41) is 0. The fourth-order valence-electron chi connectivity index (χ4n) is 0.685. The standard InChI is InChI=1S/C7H7BOS/c1-5-2-3-7(10-5)6(9)4-8/h2-3H,4H2,1H3. The number of rotatable bonds is 2.